The zero-order chi connectivity index (χ0) is 10.3. The monoisotopic (exact) mass is 207 g/mol. The summed E-state index contributed by atoms with van der Waals surface area (Å²) in [5.74, 6) is 0.258. The van der Waals surface area contributed by atoms with Gasteiger partial charge in [-0.2, -0.15) is 0 Å². The smallest absolute Gasteiger partial charge is 0.153 e. The molecule has 80 valence electrons. The molecule has 0 aliphatic rings. The third-order valence-electron chi connectivity index (χ3n) is 1.99. The molecule has 0 aliphatic heterocycles. The summed E-state index contributed by atoms with van der Waals surface area (Å²) < 4.78 is 22.6. The molecule has 4 heteroatoms. The highest BCUT2D eigenvalue weighted by molar-refractivity contribution is 7.92. The van der Waals surface area contributed by atoms with E-state index in [-0.39, 0.29) is 11.0 Å². The minimum absolute atomic E-state index is 0.250. The molecule has 0 amide bonds. The van der Waals surface area contributed by atoms with Gasteiger partial charge in [0.1, 0.15) is 0 Å². The van der Waals surface area contributed by atoms with Gasteiger partial charge in [0.25, 0.3) is 0 Å². The first-order valence-corrected chi connectivity index (χ1v) is 6.64. The maximum atomic E-state index is 11.3. The molecule has 1 N–H and O–H groups in total. The normalized spacial score (nSPS) is 12.3. The van der Waals surface area contributed by atoms with E-state index in [9.17, 15) is 8.42 Å². The van der Waals surface area contributed by atoms with E-state index in [1.54, 1.807) is 13.8 Å². The van der Waals surface area contributed by atoms with Crippen LogP contribution in [-0.4, -0.2) is 32.5 Å². The Bertz CT molecular complexity index is 210. The van der Waals surface area contributed by atoms with E-state index in [0.717, 1.165) is 19.4 Å². The maximum Gasteiger partial charge on any atom is 0.153 e. The van der Waals surface area contributed by atoms with Crippen LogP contribution >= 0.6 is 0 Å². The van der Waals surface area contributed by atoms with Crippen LogP contribution in [0.3, 0.4) is 0 Å². The highest BCUT2D eigenvalue weighted by Crippen LogP contribution is 1.98. The summed E-state index contributed by atoms with van der Waals surface area (Å²) in [6.07, 6.45) is 2.26. The molecule has 0 aromatic carbocycles. The van der Waals surface area contributed by atoms with Crippen LogP contribution in [0.4, 0.5) is 0 Å². The lowest BCUT2D eigenvalue weighted by atomic mass is 10.3. The molecule has 0 fully saturated rings. The topological polar surface area (TPSA) is 46.2 Å². The minimum Gasteiger partial charge on any atom is -0.316 e. The average molecular weight is 207 g/mol. The van der Waals surface area contributed by atoms with Gasteiger partial charge in [-0.05, 0) is 26.8 Å². The molecule has 0 heterocycles. The van der Waals surface area contributed by atoms with Gasteiger partial charge < -0.3 is 5.32 Å². The first kappa shape index (κ1) is 12.9. The molecule has 0 spiro atoms. The van der Waals surface area contributed by atoms with E-state index in [4.69, 9.17) is 0 Å². The number of unbranched alkanes of at least 4 members (excludes halogenated alkanes) is 1. The van der Waals surface area contributed by atoms with Crippen LogP contribution in [0.2, 0.25) is 0 Å². The molecule has 0 radical (unpaired) electrons. The third-order valence-corrected chi connectivity index (χ3v) is 4.20. The van der Waals surface area contributed by atoms with E-state index in [2.05, 4.69) is 12.2 Å². The molecule has 0 saturated carbocycles. The molecule has 0 saturated heterocycles. The molecule has 0 rings (SSSR count). The maximum absolute atomic E-state index is 11.3. The molecule has 0 atom stereocenters. The summed E-state index contributed by atoms with van der Waals surface area (Å²) in [4.78, 5) is 0. The molecular weight excluding hydrogens is 186 g/mol. The van der Waals surface area contributed by atoms with Gasteiger partial charge in [0.2, 0.25) is 0 Å². The predicted octanol–water partition coefficient (Wildman–Crippen LogP) is 1.20. The van der Waals surface area contributed by atoms with Crippen molar-refractivity contribution in [2.75, 3.05) is 18.8 Å². The van der Waals surface area contributed by atoms with Crippen molar-refractivity contribution in [2.24, 2.45) is 0 Å². The minimum atomic E-state index is -2.85. The lowest BCUT2D eigenvalue weighted by molar-refractivity contribution is 0.580. The van der Waals surface area contributed by atoms with Gasteiger partial charge in [-0.1, -0.05) is 13.3 Å². The van der Waals surface area contributed by atoms with Crippen LogP contribution in [0.1, 0.15) is 33.6 Å². The zero-order valence-corrected chi connectivity index (χ0v) is 9.65. The average Bonchev–Trinajstić information content (AvgIpc) is 2.03. The van der Waals surface area contributed by atoms with Crippen LogP contribution in [0.15, 0.2) is 0 Å². The van der Waals surface area contributed by atoms with Crippen molar-refractivity contribution in [2.45, 2.75) is 38.9 Å². The molecular formula is C9H21NO2S. The Labute approximate surface area is 81.8 Å². The number of sulfone groups is 1. The third kappa shape index (κ3) is 6.05. The van der Waals surface area contributed by atoms with Gasteiger partial charge in [-0.15, -0.1) is 0 Å². The molecule has 0 aromatic heterocycles. The van der Waals surface area contributed by atoms with Gasteiger partial charge in [0.05, 0.1) is 11.0 Å². The fourth-order valence-corrected chi connectivity index (χ4v) is 1.78. The molecule has 3 nitrogen and oxygen atoms in total. The predicted molar refractivity (Wildman–Crippen MR) is 56.7 cm³/mol. The molecule has 0 unspecified atom stereocenters. The largest absolute Gasteiger partial charge is 0.316 e. The SMILES string of the molecule is CCCCNCCS(=O)(=O)C(C)C. The lowest BCUT2D eigenvalue weighted by Crippen LogP contribution is -2.27. The van der Waals surface area contributed by atoms with Gasteiger partial charge in [0.15, 0.2) is 9.84 Å². The summed E-state index contributed by atoms with van der Waals surface area (Å²) in [6.45, 7) is 7.07. The highest BCUT2D eigenvalue weighted by Gasteiger charge is 2.14. The fourth-order valence-electron chi connectivity index (χ4n) is 0.877. The second-order valence-corrected chi connectivity index (χ2v) is 6.20. The zero-order valence-electron chi connectivity index (χ0n) is 8.84. The number of nitrogens with one attached hydrogen (secondary N) is 1. The molecule has 0 bridgehead atoms. The summed E-state index contributed by atoms with van der Waals surface area (Å²) >= 11 is 0. The van der Waals surface area contributed by atoms with Gasteiger partial charge in [-0.3, -0.25) is 0 Å². The van der Waals surface area contributed by atoms with Crippen molar-refractivity contribution in [3.63, 3.8) is 0 Å². The van der Waals surface area contributed by atoms with E-state index < -0.39 is 9.84 Å². The lowest BCUT2D eigenvalue weighted by Gasteiger charge is -2.07. The van der Waals surface area contributed by atoms with Crippen molar-refractivity contribution < 1.29 is 8.42 Å². The van der Waals surface area contributed by atoms with Crippen molar-refractivity contribution in [1.29, 1.82) is 0 Å². The van der Waals surface area contributed by atoms with E-state index in [1.165, 1.54) is 0 Å². The Balaban J connectivity index is 3.53. The van der Waals surface area contributed by atoms with Crippen LogP contribution in [0.5, 0.6) is 0 Å². The van der Waals surface area contributed by atoms with Crippen LogP contribution in [0.25, 0.3) is 0 Å². The Morgan fingerprint density at radius 1 is 1.23 bits per heavy atom. The van der Waals surface area contributed by atoms with Gasteiger partial charge >= 0.3 is 0 Å². The summed E-state index contributed by atoms with van der Waals surface area (Å²) in [5, 5.41) is 2.87. The molecule has 13 heavy (non-hydrogen) atoms. The fraction of sp³-hybridized carbons (Fsp3) is 1.00. The van der Waals surface area contributed by atoms with E-state index >= 15 is 0 Å². The number of hydrogen-bond donors (Lipinski definition) is 1. The Hall–Kier alpha value is -0.0900. The number of hydrogen-bond acceptors (Lipinski definition) is 3. The number of rotatable bonds is 7. The van der Waals surface area contributed by atoms with Crippen molar-refractivity contribution in [3.8, 4) is 0 Å². The summed E-state index contributed by atoms with van der Waals surface area (Å²) in [5.41, 5.74) is 0. The van der Waals surface area contributed by atoms with Crippen LogP contribution in [-0.2, 0) is 9.84 Å². The van der Waals surface area contributed by atoms with Crippen molar-refractivity contribution >= 4 is 9.84 Å². The Kier molecular flexibility index (Phi) is 6.33. The quantitative estimate of drug-likeness (QED) is 0.638. The van der Waals surface area contributed by atoms with Crippen LogP contribution in [0, 0.1) is 0 Å². The van der Waals surface area contributed by atoms with E-state index in [0.29, 0.717) is 6.54 Å². The molecule has 0 aromatic rings. The first-order valence-electron chi connectivity index (χ1n) is 4.93. The second kappa shape index (κ2) is 6.38. The van der Waals surface area contributed by atoms with Crippen molar-refractivity contribution in [3.05, 3.63) is 0 Å². The first-order chi connectivity index (χ1) is 6.00. The van der Waals surface area contributed by atoms with Crippen LogP contribution < -0.4 is 5.32 Å². The van der Waals surface area contributed by atoms with Gasteiger partial charge in [-0.25, -0.2) is 8.42 Å². The van der Waals surface area contributed by atoms with E-state index in [1.807, 2.05) is 0 Å². The summed E-state index contributed by atoms with van der Waals surface area (Å²) in [6, 6.07) is 0. The molecule has 0 aliphatic carbocycles. The summed E-state index contributed by atoms with van der Waals surface area (Å²) in [7, 11) is -2.85. The standard InChI is InChI=1S/C9H21NO2S/c1-4-5-6-10-7-8-13(11,12)9(2)3/h9-10H,4-8H2,1-3H3. The van der Waals surface area contributed by atoms with Crippen molar-refractivity contribution in [1.82, 2.24) is 5.32 Å². The highest BCUT2D eigenvalue weighted by atomic mass is 32.2. The Morgan fingerprint density at radius 3 is 2.31 bits per heavy atom. The Morgan fingerprint density at radius 2 is 1.85 bits per heavy atom. The second-order valence-electron chi connectivity index (χ2n) is 3.52. The van der Waals surface area contributed by atoms with Gasteiger partial charge in [0, 0.05) is 6.54 Å².